The van der Waals surface area contributed by atoms with Crippen molar-refractivity contribution in [3.63, 3.8) is 0 Å². The van der Waals surface area contributed by atoms with E-state index in [9.17, 15) is 9.59 Å². The molecule has 2 heterocycles. The molecule has 0 aromatic heterocycles. The average molecular weight is 370 g/mol. The molecule has 0 bridgehead atoms. The molecule has 1 amide bonds. The first kappa shape index (κ1) is 18.5. The zero-order valence-electron chi connectivity index (χ0n) is 16.3. The van der Waals surface area contributed by atoms with E-state index < -0.39 is 0 Å². The number of rotatable bonds is 5. The Morgan fingerprint density at radius 1 is 1.15 bits per heavy atom. The van der Waals surface area contributed by atoms with Gasteiger partial charge in [-0.2, -0.15) is 0 Å². The Bertz CT molecular complexity index is 698. The molecule has 4 rings (SSSR count). The molecule has 0 radical (unpaired) electrons. The molecule has 2 saturated heterocycles. The highest BCUT2D eigenvalue weighted by Gasteiger charge is 2.48. The van der Waals surface area contributed by atoms with Gasteiger partial charge >= 0.3 is 5.97 Å². The van der Waals surface area contributed by atoms with E-state index in [-0.39, 0.29) is 11.4 Å². The first-order chi connectivity index (χ1) is 13.1. The molecule has 1 aromatic rings. The van der Waals surface area contributed by atoms with Gasteiger partial charge in [-0.3, -0.25) is 9.69 Å². The van der Waals surface area contributed by atoms with Gasteiger partial charge in [0, 0.05) is 26.2 Å². The van der Waals surface area contributed by atoms with E-state index in [1.165, 1.54) is 31.9 Å². The van der Waals surface area contributed by atoms with Crippen LogP contribution in [0.4, 0.5) is 0 Å². The molecule has 0 N–H and O–H groups in total. The van der Waals surface area contributed by atoms with Gasteiger partial charge in [0.05, 0.1) is 18.1 Å². The van der Waals surface area contributed by atoms with E-state index in [0.717, 1.165) is 57.9 Å². The van der Waals surface area contributed by atoms with Crippen LogP contribution >= 0.6 is 0 Å². The van der Waals surface area contributed by atoms with Crippen molar-refractivity contribution in [2.24, 2.45) is 11.3 Å². The van der Waals surface area contributed by atoms with Gasteiger partial charge < -0.3 is 9.64 Å². The van der Waals surface area contributed by atoms with Crippen LogP contribution in [0.15, 0.2) is 24.3 Å². The van der Waals surface area contributed by atoms with Crippen LogP contribution in [0.25, 0.3) is 0 Å². The molecule has 146 valence electrons. The van der Waals surface area contributed by atoms with Crippen LogP contribution in [0, 0.1) is 11.3 Å². The molecule has 3 aliphatic rings. The highest BCUT2D eigenvalue weighted by molar-refractivity contribution is 5.89. The lowest BCUT2D eigenvalue weighted by molar-refractivity contribution is -0.146. The monoisotopic (exact) mass is 370 g/mol. The van der Waals surface area contributed by atoms with Crippen LogP contribution in [0.3, 0.4) is 0 Å². The summed E-state index contributed by atoms with van der Waals surface area (Å²) in [5, 5.41) is 0. The van der Waals surface area contributed by atoms with Gasteiger partial charge in [0.25, 0.3) is 0 Å². The van der Waals surface area contributed by atoms with Crippen molar-refractivity contribution in [2.45, 2.75) is 45.1 Å². The van der Waals surface area contributed by atoms with E-state index in [1.54, 1.807) is 0 Å². The van der Waals surface area contributed by atoms with Gasteiger partial charge in [-0.25, -0.2) is 4.79 Å². The summed E-state index contributed by atoms with van der Waals surface area (Å²) in [5.41, 5.74) is 1.59. The second kappa shape index (κ2) is 7.63. The van der Waals surface area contributed by atoms with E-state index in [0.29, 0.717) is 11.5 Å². The Labute approximate surface area is 161 Å². The maximum absolute atomic E-state index is 13.2. The maximum Gasteiger partial charge on any atom is 0.337 e. The standard InChI is InChI=1S/C22H30N2O3/c1-27-20(25)19-8-6-18(7-9-19)14-23-13-11-22(16-23)10-3-12-24(21(22)26)15-17-4-2-5-17/h6-9,17H,2-5,10-16H2,1H3/t22-/m0/s1. The van der Waals surface area contributed by atoms with Crippen molar-refractivity contribution < 1.29 is 14.3 Å². The number of hydrogen-bond acceptors (Lipinski definition) is 4. The first-order valence-corrected chi connectivity index (χ1v) is 10.3. The summed E-state index contributed by atoms with van der Waals surface area (Å²) in [5.74, 6) is 0.847. The Hall–Kier alpha value is -1.88. The average Bonchev–Trinajstić information content (AvgIpc) is 3.05. The van der Waals surface area contributed by atoms with Crippen LogP contribution in [0.2, 0.25) is 0 Å². The van der Waals surface area contributed by atoms with Crippen molar-refractivity contribution in [2.75, 3.05) is 33.3 Å². The maximum atomic E-state index is 13.2. The van der Waals surface area contributed by atoms with E-state index in [4.69, 9.17) is 4.74 Å². The lowest BCUT2D eigenvalue weighted by Crippen LogP contribution is -2.51. The fraction of sp³-hybridized carbons (Fsp3) is 0.636. The quantitative estimate of drug-likeness (QED) is 0.748. The molecule has 1 aromatic carbocycles. The Morgan fingerprint density at radius 3 is 2.59 bits per heavy atom. The minimum absolute atomic E-state index is 0.159. The van der Waals surface area contributed by atoms with Crippen LogP contribution in [0.5, 0.6) is 0 Å². The Balaban J connectivity index is 1.37. The smallest absolute Gasteiger partial charge is 0.337 e. The summed E-state index contributed by atoms with van der Waals surface area (Å²) < 4.78 is 4.75. The zero-order chi connectivity index (χ0) is 18.9. The summed E-state index contributed by atoms with van der Waals surface area (Å²) in [6, 6.07) is 7.61. The molecule has 1 aliphatic carbocycles. The third-order valence-corrected chi connectivity index (χ3v) is 6.74. The number of piperidine rings is 1. The summed E-state index contributed by atoms with van der Waals surface area (Å²) in [7, 11) is 1.40. The van der Waals surface area contributed by atoms with Crippen LogP contribution in [0.1, 0.15) is 54.4 Å². The molecule has 2 aliphatic heterocycles. The van der Waals surface area contributed by atoms with Crippen molar-refractivity contribution in [1.29, 1.82) is 0 Å². The largest absolute Gasteiger partial charge is 0.465 e. The Kier molecular flexibility index (Phi) is 5.22. The first-order valence-electron chi connectivity index (χ1n) is 10.3. The van der Waals surface area contributed by atoms with E-state index in [1.807, 2.05) is 24.3 Å². The highest BCUT2D eigenvalue weighted by atomic mass is 16.5. The van der Waals surface area contributed by atoms with Crippen molar-refractivity contribution in [3.05, 3.63) is 35.4 Å². The van der Waals surface area contributed by atoms with Gasteiger partial charge in [-0.15, -0.1) is 0 Å². The molecule has 1 saturated carbocycles. The summed E-state index contributed by atoms with van der Waals surface area (Å²) in [6.07, 6.45) is 7.08. The third kappa shape index (κ3) is 3.75. The van der Waals surface area contributed by atoms with Gasteiger partial charge in [-0.1, -0.05) is 18.6 Å². The van der Waals surface area contributed by atoms with Crippen LogP contribution < -0.4 is 0 Å². The van der Waals surface area contributed by atoms with Gasteiger partial charge in [0.1, 0.15) is 0 Å². The topological polar surface area (TPSA) is 49.9 Å². The number of nitrogens with zero attached hydrogens (tertiary/aromatic N) is 2. The summed E-state index contributed by atoms with van der Waals surface area (Å²) >= 11 is 0. The molecule has 0 unspecified atom stereocenters. The number of esters is 1. The summed E-state index contributed by atoms with van der Waals surface area (Å²) in [6.45, 7) is 4.61. The number of carbonyl (C=O) groups is 2. The number of benzene rings is 1. The highest BCUT2D eigenvalue weighted by Crippen LogP contribution is 2.41. The van der Waals surface area contributed by atoms with Crippen molar-refractivity contribution >= 4 is 11.9 Å². The SMILES string of the molecule is COC(=O)c1ccc(CN2CC[C@@]3(CCCN(CC4CCC4)C3=O)C2)cc1. The van der Waals surface area contributed by atoms with Crippen molar-refractivity contribution in [1.82, 2.24) is 9.80 Å². The second-order valence-corrected chi connectivity index (χ2v) is 8.58. The fourth-order valence-corrected chi connectivity index (χ4v) is 4.91. The van der Waals surface area contributed by atoms with Crippen LogP contribution in [-0.4, -0.2) is 55.0 Å². The molecular weight excluding hydrogens is 340 g/mol. The lowest BCUT2D eigenvalue weighted by atomic mass is 9.77. The molecule has 1 spiro atoms. The number of carbonyl (C=O) groups excluding carboxylic acids is 2. The predicted octanol–water partition coefficient (Wildman–Crippen LogP) is 3.09. The van der Waals surface area contributed by atoms with E-state index in [2.05, 4.69) is 9.80 Å². The van der Waals surface area contributed by atoms with E-state index >= 15 is 0 Å². The number of hydrogen-bond donors (Lipinski definition) is 0. The number of likely N-dealkylation sites (tertiary alicyclic amines) is 2. The second-order valence-electron chi connectivity index (χ2n) is 8.58. The van der Waals surface area contributed by atoms with Gasteiger partial charge in [-0.05, 0) is 62.3 Å². The Morgan fingerprint density at radius 2 is 1.93 bits per heavy atom. The summed E-state index contributed by atoms with van der Waals surface area (Å²) in [4.78, 5) is 29.4. The zero-order valence-corrected chi connectivity index (χ0v) is 16.3. The number of ether oxygens (including phenoxy) is 1. The van der Waals surface area contributed by atoms with Crippen LogP contribution in [-0.2, 0) is 16.1 Å². The molecule has 3 fully saturated rings. The molecule has 5 nitrogen and oxygen atoms in total. The molecule has 27 heavy (non-hydrogen) atoms. The number of methoxy groups -OCH3 is 1. The fourth-order valence-electron chi connectivity index (χ4n) is 4.91. The molecular formula is C22H30N2O3. The minimum atomic E-state index is -0.305. The normalized spacial score (nSPS) is 26.4. The predicted molar refractivity (Wildman–Crippen MR) is 103 cm³/mol. The number of amides is 1. The minimum Gasteiger partial charge on any atom is -0.465 e. The molecule has 5 heteroatoms. The van der Waals surface area contributed by atoms with Gasteiger partial charge in [0.2, 0.25) is 5.91 Å². The van der Waals surface area contributed by atoms with Crippen molar-refractivity contribution in [3.8, 4) is 0 Å². The third-order valence-electron chi connectivity index (χ3n) is 6.74. The molecule has 1 atom stereocenters. The van der Waals surface area contributed by atoms with Gasteiger partial charge in [0.15, 0.2) is 0 Å². The lowest BCUT2D eigenvalue weighted by Gasteiger charge is -2.42.